The molecule has 7 heteroatoms. The highest BCUT2D eigenvalue weighted by atomic mass is 19.1. The van der Waals surface area contributed by atoms with Crippen molar-refractivity contribution >= 4 is 22.6 Å². The van der Waals surface area contributed by atoms with Crippen LogP contribution in [0.15, 0.2) is 59.5 Å². The number of carbonyl (C=O) groups excluding carboxylic acids is 1. The van der Waals surface area contributed by atoms with Crippen LogP contribution in [-0.4, -0.2) is 20.7 Å². The number of furan rings is 1. The number of fused-ring (bicyclic) bond motifs is 1. The van der Waals surface area contributed by atoms with Crippen molar-refractivity contribution in [2.45, 2.75) is 25.7 Å². The quantitative estimate of drug-likeness (QED) is 0.534. The van der Waals surface area contributed by atoms with Crippen LogP contribution in [0.2, 0.25) is 0 Å². The van der Waals surface area contributed by atoms with E-state index in [1.807, 2.05) is 6.20 Å². The highest BCUT2D eigenvalue weighted by Gasteiger charge is 2.18. The van der Waals surface area contributed by atoms with Gasteiger partial charge in [0.1, 0.15) is 11.5 Å². The van der Waals surface area contributed by atoms with Crippen molar-refractivity contribution in [2.24, 2.45) is 5.92 Å². The number of nitrogens with one attached hydrogen (secondary N) is 1. The fourth-order valence-corrected chi connectivity index (χ4v) is 3.59. The van der Waals surface area contributed by atoms with E-state index in [2.05, 4.69) is 21.5 Å². The summed E-state index contributed by atoms with van der Waals surface area (Å²) in [5, 5.41) is 7.97. The smallest absolute Gasteiger partial charge is 0.291 e. The summed E-state index contributed by atoms with van der Waals surface area (Å²) in [5.41, 5.74) is 2.43. The molecule has 0 saturated heterocycles. The first-order valence-electron chi connectivity index (χ1n) is 9.65. The lowest BCUT2D eigenvalue weighted by Gasteiger charge is -2.24. The lowest BCUT2D eigenvalue weighted by molar-refractivity contribution is 0.0996. The largest absolute Gasteiger partial charge is 0.459 e. The van der Waals surface area contributed by atoms with E-state index in [1.165, 1.54) is 54.0 Å². The Morgan fingerprint density at radius 2 is 2.17 bits per heavy atom. The summed E-state index contributed by atoms with van der Waals surface area (Å²) in [7, 11) is 0. The zero-order valence-corrected chi connectivity index (χ0v) is 15.6. The summed E-state index contributed by atoms with van der Waals surface area (Å²) in [6.45, 7) is 0. The van der Waals surface area contributed by atoms with Gasteiger partial charge in [-0.3, -0.25) is 4.79 Å². The minimum Gasteiger partial charge on any atom is -0.459 e. The van der Waals surface area contributed by atoms with Gasteiger partial charge in [-0.05, 0) is 54.3 Å². The molecule has 1 saturated carbocycles. The Labute approximate surface area is 166 Å². The summed E-state index contributed by atoms with van der Waals surface area (Å²) in [6.07, 6.45) is 9.93. The molecule has 4 aromatic rings. The normalized spacial score (nSPS) is 14.1. The molecule has 6 nitrogen and oxygen atoms in total. The van der Waals surface area contributed by atoms with E-state index in [0.717, 1.165) is 17.7 Å². The molecule has 1 aromatic carbocycles. The zero-order chi connectivity index (χ0) is 19.8. The molecule has 1 fully saturated rings. The van der Waals surface area contributed by atoms with E-state index in [9.17, 15) is 9.18 Å². The number of amides is 1. The number of pyridine rings is 1. The first-order valence-corrected chi connectivity index (χ1v) is 9.65. The van der Waals surface area contributed by atoms with Crippen molar-refractivity contribution in [3.05, 3.63) is 72.2 Å². The van der Waals surface area contributed by atoms with E-state index >= 15 is 0 Å². The molecule has 3 aromatic heterocycles. The standard InChI is InChI=1S/C22H19FN4O2/c23-18-7-6-17(25-22(28)20-5-2-8-29-20)11-19(18)27-13-16-10-15(9-14-3-1-4-14)12-24-21(16)26-27/h2,5-8,10-14H,1,3-4,9H2,(H,25,28). The second kappa shape index (κ2) is 7.16. The molecule has 0 radical (unpaired) electrons. The van der Waals surface area contributed by atoms with Gasteiger partial charge in [-0.25, -0.2) is 14.1 Å². The van der Waals surface area contributed by atoms with Crippen LogP contribution in [0.4, 0.5) is 10.1 Å². The minimum atomic E-state index is -0.441. The van der Waals surface area contributed by atoms with Crippen LogP contribution in [0.1, 0.15) is 35.4 Å². The van der Waals surface area contributed by atoms with Crippen molar-refractivity contribution in [3.63, 3.8) is 0 Å². The van der Waals surface area contributed by atoms with E-state index in [4.69, 9.17) is 4.42 Å². The van der Waals surface area contributed by atoms with Gasteiger partial charge in [-0.2, -0.15) is 0 Å². The Morgan fingerprint density at radius 1 is 1.28 bits per heavy atom. The van der Waals surface area contributed by atoms with Gasteiger partial charge in [-0.1, -0.05) is 19.3 Å². The lowest BCUT2D eigenvalue weighted by atomic mass is 9.81. The van der Waals surface area contributed by atoms with Gasteiger partial charge >= 0.3 is 0 Å². The third kappa shape index (κ3) is 3.51. The van der Waals surface area contributed by atoms with Gasteiger partial charge in [0, 0.05) is 23.5 Å². The molecule has 29 heavy (non-hydrogen) atoms. The van der Waals surface area contributed by atoms with Crippen LogP contribution < -0.4 is 5.32 Å². The molecule has 0 unspecified atom stereocenters. The molecule has 0 spiro atoms. The second-order valence-corrected chi connectivity index (χ2v) is 7.43. The van der Waals surface area contributed by atoms with Crippen LogP contribution >= 0.6 is 0 Å². The van der Waals surface area contributed by atoms with E-state index < -0.39 is 11.7 Å². The number of carbonyl (C=O) groups is 1. The van der Waals surface area contributed by atoms with Crippen LogP contribution in [-0.2, 0) is 6.42 Å². The van der Waals surface area contributed by atoms with Crippen LogP contribution in [0.5, 0.6) is 0 Å². The summed E-state index contributed by atoms with van der Waals surface area (Å²) in [4.78, 5) is 16.6. The second-order valence-electron chi connectivity index (χ2n) is 7.43. The number of hydrogen-bond acceptors (Lipinski definition) is 4. The SMILES string of the molecule is O=C(Nc1ccc(F)c(-n2cc3cc(CC4CCC4)cnc3n2)c1)c1ccco1. The van der Waals surface area contributed by atoms with Crippen LogP contribution in [0.25, 0.3) is 16.7 Å². The number of anilines is 1. The molecule has 146 valence electrons. The zero-order valence-electron chi connectivity index (χ0n) is 15.6. The maximum absolute atomic E-state index is 14.5. The number of halogens is 1. The van der Waals surface area contributed by atoms with Gasteiger partial charge in [0.25, 0.3) is 5.91 Å². The maximum atomic E-state index is 14.5. The van der Waals surface area contributed by atoms with Gasteiger partial charge in [-0.15, -0.1) is 5.10 Å². The Bertz CT molecular complexity index is 1180. The molecular weight excluding hydrogens is 371 g/mol. The van der Waals surface area contributed by atoms with Crippen molar-refractivity contribution in [3.8, 4) is 5.69 Å². The molecule has 0 bridgehead atoms. The molecule has 1 aliphatic carbocycles. The number of benzene rings is 1. The molecule has 1 N–H and O–H groups in total. The average Bonchev–Trinajstić information content (AvgIpc) is 3.35. The average molecular weight is 390 g/mol. The molecule has 0 aliphatic heterocycles. The van der Waals surface area contributed by atoms with E-state index in [-0.39, 0.29) is 11.4 Å². The Balaban J connectivity index is 1.43. The van der Waals surface area contributed by atoms with Gasteiger partial charge in [0.2, 0.25) is 0 Å². The molecule has 3 heterocycles. The van der Waals surface area contributed by atoms with Gasteiger partial charge in [0.15, 0.2) is 11.4 Å². The first kappa shape index (κ1) is 17.6. The highest BCUT2D eigenvalue weighted by Crippen LogP contribution is 2.30. The number of hydrogen-bond donors (Lipinski definition) is 1. The Kier molecular flexibility index (Phi) is 4.35. The number of rotatable bonds is 5. The van der Waals surface area contributed by atoms with Crippen molar-refractivity contribution < 1.29 is 13.6 Å². The maximum Gasteiger partial charge on any atom is 0.291 e. The van der Waals surface area contributed by atoms with E-state index in [1.54, 1.807) is 18.3 Å². The van der Waals surface area contributed by atoms with Gasteiger partial charge in [0.05, 0.1) is 6.26 Å². The highest BCUT2D eigenvalue weighted by molar-refractivity contribution is 6.02. The molecule has 5 rings (SSSR count). The monoisotopic (exact) mass is 390 g/mol. The fourth-order valence-electron chi connectivity index (χ4n) is 3.59. The number of aromatic nitrogens is 3. The van der Waals surface area contributed by atoms with Crippen LogP contribution in [0.3, 0.4) is 0 Å². The predicted octanol–water partition coefficient (Wildman–Crippen LogP) is 4.75. The Hall–Kier alpha value is -3.48. The summed E-state index contributed by atoms with van der Waals surface area (Å²) in [6, 6.07) is 9.61. The summed E-state index contributed by atoms with van der Waals surface area (Å²) in [5.74, 6) is 0.0871. The third-order valence-electron chi connectivity index (χ3n) is 5.36. The summed E-state index contributed by atoms with van der Waals surface area (Å²) < 4.78 is 21.0. The Morgan fingerprint density at radius 3 is 2.93 bits per heavy atom. The van der Waals surface area contributed by atoms with Crippen LogP contribution in [0, 0.1) is 11.7 Å². The first-order chi connectivity index (χ1) is 14.2. The minimum absolute atomic E-state index is 0.184. The predicted molar refractivity (Wildman–Crippen MR) is 107 cm³/mol. The summed E-state index contributed by atoms with van der Waals surface area (Å²) >= 11 is 0. The number of nitrogens with zero attached hydrogens (tertiary/aromatic N) is 3. The lowest BCUT2D eigenvalue weighted by Crippen LogP contribution is -2.13. The van der Waals surface area contributed by atoms with Crippen molar-refractivity contribution in [1.82, 2.24) is 14.8 Å². The van der Waals surface area contributed by atoms with Crippen molar-refractivity contribution in [1.29, 1.82) is 0 Å². The fraction of sp³-hybridized carbons (Fsp3) is 0.227. The van der Waals surface area contributed by atoms with Gasteiger partial charge < -0.3 is 9.73 Å². The molecule has 1 amide bonds. The van der Waals surface area contributed by atoms with E-state index in [0.29, 0.717) is 11.3 Å². The van der Waals surface area contributed by atoms with Crippen molar-refractivity contribution in [2.75, 3.05) is 5.32 Å². The molecule has 0 atom stereocenters. The molecular formula is C22H19FN4O2. The topological polar surface area (TPSA) is 73.0 Å². The third-order valence-corrected chi connectivity index (χ3v) is 5.36. The molecule has 1 aliphatic rings.